The fraction of sp³-hybridized carbons (Fsp3) is 0.312. The molecule has 0 amide bonds. The van der Waals surface area contributed by atoms with E-state index in [-0.39, 0.29) is 0 Å². The van der Waals surface area contributed by atoms with E-state index in [9.17, 15) is 13.2 Å². The Morgan fingerprint density at radius 1 is 1.09 bits per heavy atom. The fourth-order valence-corrected chi connectivity index (χ4v) is 5.12. The topological polar surface area (TPSA) is 63.7 Å². The molecule has 0 aliphatic rings. The summed E-state index contributed by atoms with van der Waals surface area (Å²) in [5.74, 6) is -0.396. The van der Waals surface area contributed by atoms with Crippen LogP contribution in [0.5, 0.6) is 0 Å². The van der Waals surface area contributed by atoms with E-state index in [2.05, 4.69) is 4.74 Å². The number of carbonyl (C=O) groups excluding carboxylic acids is 1. The van der Waals surface area contributed by atoms with E-state index >= 15 is 0 Å². The van der Waals surface area contributed by atoms with Gasteiger partial charge in [-0.05, 0) is 29.8 Å². The van der Waals surface area contributed by atoms with Crippen LogP contribution in [-0.4, -0.2) is 38.9 Å². The monoisotopic (exact) mass is 353 g/mol. The molecule has 0 saturated heterocycles. The first-order valence-corrected chi connectivity index (χ1v) is 9.48. The van der Waals surface area contributed by atoms with Gasteiger partial charge in [0.15, 0.2) is 0 Å². The lowest BCUT2D eigenvalue weighted by atomic mass is 10.1. The minimum atomic E-state index is -3.44. The molecule has 0 aliphatic carbocycles. The largest absolute Gasteiger partial charge is 0.465 e. The maximum atomic E-state index is 12.5. The smallest absolute Gasteiger partial charge is 0.337 e. The van der Waals surface area contributed by atoms with Crippen LogP contribution >= 0.6 is 11.3 Å². The number of nitrogens with zero attached hydrogens (tertiary/aromatic N) is 1. The Morgan fingerprint density at radius 2 is 1.70 bits per heavy atom. The second-order valence-corrected chi connectivity index (χ2v) is 8.03. The highest BCUT2D eigenvalue weighted by Crippen LogP contribution is 2.32. The Bertz CT molecular complexity index is 775. The minimum absolute atomic E-state index is 0.327. The van der Waals surface area contributed by atoms with Crippen molar-refractivity contribution in [3.8, 4) is 10.4 Å². The van der Waals surface area contributed by atoms with Crippen molar-refractivity contribution >= 4 is 27.3 Å². The summed E-state index contributed by atoms with van der Waals surface area (Å²) in [5, 5.41) is 0. The van der Waals surface area contributed by atoms with Crippen molar-refractivity contribution < 1.29 is 17.9 Å². The van der Waals surface area contributed by atoms with E-state index in [0.717, 1.165) is 10.4 Å². The molecule has 0 fully saturated rings. The van der Waals surface area contributed by atoms with E-state index < -0.39 is 16.0 Å². The predicted molar refractivity (Wildman–Crippen MR) is 91.2 cm³/mol. The fourth-order valence-electron chi connectivity index (χ4n) is 2.19. The van der Waals surface area contributed by atoms with Gasteiger partial charge in [-0.2, -0.15) is 4.31 Å². The SMILES string of the molecule is CCN(CC)S(=O)(=O)c1ccc(-c2ccc(C(=O)OC)cc2)s1. The number of carbonyl (C=O) groups is 1. The molecule has 2 rings (SSSR count). The minimum Gasteiger partial charge on any atom is -0.465 e. The summed E-state index contributed by atoms with van der Waals surface area (Å²) < 4.78 is 31.4. The van der Waals surface area contributed by atoms with Gasteiger partial charge in [-0.25, -0.2) is 13.2 Å². The molecule has 1 aromatic heterocycles. The quantitative estimate of drug-likeness (QED) is 0.748. The lowest BCUT2D eigenvalue weighted by molar-refractivity contribution is 0.0600. The third kappa shape index (κ3) is 3.63. The lowest BCUT2D eigenvalue weighted by Crippen LogP contribution is -2.29. The highest BCUT2D eigenvalue weighted by atomic mass is 32.2. The summed E-state index contributed by atoms with van der Waals surface area (Å²) in [6.45, 7) is 4.53. The molecular weight excluding hydrogens is 334 g/mol. The first kappa shape index (κ1) is 17.7. The Morgan fingerprint density at radius 3 is 2.22 bits per heavy atom. The highest BCUT2D eigenvalue weighted by Gasteiger charge is 2.23. The van der Waals surface area contributed by atoms with Crippen LogP contribution in [0.3, 0.4) is 0 Å². The first-order chi connectivity index (χ1) is 10.9. The average molecular weight is 353 g/mol. The van der Waals surface area contributed by atoms with Crippen molar-refractivity contribution in [3.05, 3.63) is 42.0 Å². The van der Waals surface area contributed by atoms with Crippen molar-refractivity contribution in [1.29, 1.82) is 0 Å². The summed E-state index contributed by atoms with van der Waals surface area (Å²) in [5.41, 5.74) is 1.33. The normalized spacial score (nSPS) is 11.7. The summed E-state index contributed by atoms with van der Waals surface area (Å²) in [4.78, 5) is 12.3. The number of rotatable bonds is 6. The van der Waals surface area contributed by atoms with Crippen LogP contribution in [0.15, 0.2) is 40.6 Å². The third-order valence-electron chi connectivity index (χ3n) is 3.47. The zero-order chi connectivity index (χ0) is 17.0. The molecule has 0 bridgehead atoms. The summed E-state index contributed by atoms with van der Waals surface area (Å²) in [6.07, 6.45) is 0. The van der Waals surface area contributed by atoms with Gasteiger partial charge < -0.3 is 4.74 Å². The zero-order valence-electron chi connectivity index (χ0n) is 13.3. The summed E-state index contributed by atoms with van der Waals surface area (Å²) in [7, 11) is -2.10. The molecule has 0 aliphatic heterocycles. The van der Waals surface area contributed by atoms with E-state index in [4.69, 9.17) is 0 Å². The van der Waals surface area contributed by atoms with E-state index in [0.29, 0.717) is 22.9 Å². The maximum Gasteiger partial charge on any atom is 0.337 e. The van der Waals surface area contributed by atoms with Crippen molar-refractivity contribution in [2.45, 2.75) is 18.1 Å². The van der Waals surface area contributed by atoms with Crippen LogP contribution in [0, 0.1) is 0 Å². The molecule has 0 atom stereocenters. The molecule has 0 spiro atoms. The highest BCUT2D eigenvalue weighted by molar-refractivity contribution is 7.91. The van der Waals surface area contributed by atoms with Crippen LogP contribution in [0.4, 0.5) is 0 Å². The van der Waals surface area contributed by atoms with Gasteiger partial charge in [-0.1, -0.05) is 26.0 Å². The van der Waals surface area contributed by atoms with Crippen LogP contribution < -0.4 is 0 Å². The van der Waals surface area contributed by atoms with E-state index in [1.54, 1.807) is 36.4 Å². The number of hydrogen-bond acceptors (Lipinski definition) is 5. The number of esters is 1. The van der Waals surface area contributed by atoms with Gasteiger partial charge in [0.2, 0.25) is 0 Å². The van der Waals surface area contributed by atoms with Crippen LogP contribution in [0.2, 0.25) is 0 Å². The van der Waals surface area contributed by atoms with Gasteiger partial charge in [-0.3, -0.25) is 0 Å². The molecule has 1 aromatic carbocycles. The Hall–Kier alpha value is -1.70. The van der Waals surface area contributed by atoms with Crippen LogP contribution in [-0.2, 0) is 14.8 Å². The molecule has 0 radical (unpaired) electrons. The molecule has 5 nitrogen and oxygen atoms in total. The number of sulfonamides is 1. The van der Waals surface area contributed by atoms with Gasteiger partial charge in [0.1, 0.15) is 4.21 Å². The van der Waals surface area contributed by atoms with E-state index in [1.807, 2.05) is 13.8 Å². The molecule has 124 valence electrons. The first-order valence-electron chi connectivity index (χ1n) is 7.22. The number of methoxy groups -OCH3 is 1. The average Bonchev–Trinajstić information content (AvgIpc) is 3.06. The Kier molecular flexibility index (Phi) is 5.56. The number of ether oxygens (including phenoxy) is 1. The van der Waals surface area contributed by atoms with Crippen molar-refractivity contribution in [2.75, 3.05) is 20.2 Å². The second-order valence-electron chi connectivity index (χ2n) is 4.78. The molecule has 23 heavy (non-hydrogen) atoms. The van der Waals surface area contributed by atoms with Crippen LogP contribution in [0.1, 0.15) is 24.2 Å². The van der Waals surface area contributed by atoms with Crippen molar-refractivity contribution in [3.63, 3.8) is 0 Å². The Balaban J connectivity index is 2.31. The molecule has 0 saturated carbocycles. The zero-order valence-corrected chi connectivity index (χ0v) is 14.9. The molecular formula is C16H19NO4S2. The molecule has 1 heterocycles. The molecule has 0 unspecified atom stereocenters. The lowest BCUT2D eigenvalue weighted by Gasteiger charge is -2.16. The third-order valence-corrected chi connectivity index (χ3v) is 7.12. The molecule has 0 N–H and O–H groups in total. The molecule has 7 heteroatoms. The maximum absolute atomic E-state index is 12.5. The summed E-state index contributed by atoms with van der Waals surface area (Å²) in [6, 6.07) is 10.3. The van der Waals surface area contributed by atoms with Gasteiger partial charge in [0, 0.05) is 18.0 Å². The predicted octanol–water partition coefficient (Wildman–Crippen LogP) is 3.23. The van der Waals surface area contributed by atoms with Gasteiger partial charge in [0.25, 0.3) is 10.0 Å². The van der Waals surface area contributed by atoms with Crippen molar-refractivity contribution in [2.24, 2.45) is 0 Å². The molecule has 2 aromatic rings. The van der Waals surface area contributed by atoms with Gasteiger partial charge in [-0.15, -0.1) is 11.3 Å². The number of thiophene rings is 1. The van der Waals surface area contributed by atoms with Gasteiger partial charge >= 0.3 is 5.97 Å². The second kappa shape index (κ2) is 7.25. The standard InChI is InChI=1S/C16H19NO4S2/c1-4-17(5-2)23(19,20)15-11-10-14(22-15)12-6-8-13(9-7-12)16(18)21-3/h6-11H,4-5H2,1-3H3. The van der Waals surface area contributed by atoms with E-state index in [1.165, 1.54) is 22.8 Å². The van der Waals surface area contributed by atoms with Crippen molar-refractivity contribution in [1.82, 2.24) is 4.31 Å². The van der Waals surface area contributed by atoms with Gasteiger partial charge in [0.05, 0.1) is 12.7 Å². The summed E-state index contributed by atoms with van der Waals surface area (Å²) >= 11 is 1.23. The number of hydrogen-bond donors (Lipinski definition) is 0. The Labute approximate surface area is 140 Å². The van der Waals surface area contributed by atoms with Crippen LogP contribution in [0.25, 0.3) is 10.4 Å². The number of benzene rings is 1.